The summed E-state index contributed by atoms with van der Waals surface area (Å²) in [6.07, 6.45) is 0.691. The van der Waals surface area contributed by atoms with Crippen LogP contribution in [0.1, 0.15) is 45.2 Å². The van der Waals surface area contributed by atoms with Crippen LogP contribution < -0.4 is 14.8 Å². The van der Waals surface area contributed by atoms with Crippen molar-refractivity contribution >= 4 is 11.8 Å². The van der Waals surface area contributed by atoms with Gasteiger partial charge in [0.1, 0.15) is 11.9 Å². The third-order valence-corrected chi connectivity index (χ3v) is 5.01. The molecule has 0 heterocycles. The van der Waals surface area contributed by atoms with E-state index >= 15 is 0 Å². The van der Waals surface area contributed by atoms with Gasteiger partial charge in [-0.15, -0.1) is 0 Å². The summed E-state index contributed by atoms with van der Waals surface area (Å²) < 4.78 is 23.9. The summed E-state index contributed by atoms with van der Waals surface area (Å²) in [5.74, 6) is 0.463. The van der Waals surface area contributed by atoms with Gasteiger partial charge in [0.25, 0.3) is 0 Å². The van der Waals surface area contributed by atoms with Gasteiger partial charge in [0, 0.05) is 18.5 Å². The van der Waals surface area contributed by atoms with Crippen LogP contribution in [0.4, 0.5) is 4.39 Å². The lowest BCUT2D eigenvalue weighted by Crippen LogP contribution is -2.52. The molecule has 0 saturated carbocycles. The minimum atomic E-state index is -0.683. The molecule has 174 valence electrons. The largest absolute Gasteiger partial charge is 0.493 e. The zero-order valence-electron chi connectivity index (χ0n) is 19.7. The van der Waals surface area contributed by atoms with Crippen molar-refractivity contribution < 1.29 is 23.5 Å². The SMILES string of the molecule is COc1ccc(CCC(=O)N(Cc2ccc(F)cc2)[C@@H](C)C(=O)NC(C)(C)C)cc1OC. The van der Waals surface area contributed by atoms with Gasteiger partial charge in [-0.2, -0.15) is 0 Å². The molecule has 0 saturated heterocycles. The van der Waals surface area contributed by atoms with Gasteiger partial charge in [0.15, 0.2) is 11.5 Å². The van der Waals surface area contributed by atoms with Crippen LogP contribution in [0.2, 0.25) is 0 Å². The Kier molecular flexibility index (Phi) is 8.63. The van der Waals surface area contributed by atoms with Crippen LogP contribution in [0.15, 0.2) is 42.5 Å². The molecule has 0 fully saturated rings. The number of hydrogen-bond acceptors (Lipinski definition) is 4. The fourth-order valence-corrected chi connectivity index (χ4v) is 3.27. The van der Waals surface area contributed by atoms with Crippen LogP contribution in [-0.4, -0.2) is 42.5 Å². The van der Waals surface area contributed by atoms with E-state index in [0.29, 0.717) is 17.9 Å². The normalized spacial score (nSPS) is 12.1. The van der Waals surface area contributed by atoms with Crippen LogP contribution >= 0.6 is 0 Å². The summed E-state index contributed by atoms with van der Waals surface area (Å²) in [6.45, 7) is 7.59. The second kappa shape index (κ2) is 11.0. The molecule has 2 aromatic carbocycles. The first kappa shape index (κ1) is 25.2. The van der Waals surface area contributed by atoms with E-state index in [0.717, 1.165) is 11.1 Å². The van der Waals surface area contributed by atoms with Crippen molar-refractivity contribution in [1.29, 1.82) is 0 Å². The fraction of sp³-hybridized carbons (Fsp3) is 0.440. The van der Waals surface area contributed by atoms with E-state index in [2.05, 4.69) is 5.32 Å². The molecule has 32 heavy (non-hydrogen) atoms. The van der Waals surface area contributed by atoms with Crippen LogP contribution in [0.5, 0.6) is 11.5 Å². The lowest BCUT2D eigenvalue weighted by atomic mass is 10.1. The van der Waals surface area contributed by atoms with Crippen molar-refractivity contribution in [1.82, 2.24) is 10.2 Å². The van der Waals surface area contributed by atoms with Crippen molar-refractivity contribution in [2.75, 3.05) is 14.2 Å². The Morgan fingerprint density at radius 3 is 2.16 bits per heavy atom. The summed E-state index contributed by atoms with van der Waals surface area (Å²) in [6, 6.07) is 10.8. The molecular weight excluding hydrogens is 411 g/mol. The maximum atomic E-state index is 13.3. The van der Waals surface area contributed by atoms with Gasteiger partial charge in [-0.1, -0.05) is 18.2 Å². The van der Waals surface area contributed by atoms with Crippen LogP contribution in [-0.2, 0) is 22.6 Å². The molecule has 2 amide bonds. The topological polar surface area (TPSA) is 67.9 Å². The molecule has 0 radical (unpaired) electrons. The highest BCUT2D eigenvalue weighted by atomic mass is 19.1. The molecule has 0 aliphatic heterocycles. The van der Waals surface area contributed by atoms with E-state index in [1.807, 2.05) is 32.9 Å². The standard InChI is InChI=1S/C25H33FN2O4/c1-17(24(30)27-25(2,3)4)28(16-19-7-11-20(26)12-8-19)23(29)14-10-18-9-13-21(31-5)22(15-18)32-6/h7-9,11-13,15,17H,10,14,16H2,1-6H3,(H,27,30)/t17-/m0/s1. The van der Waals surface area contributed by atoms with Gasteiger partial charge >= 0.3 is 0 Å². The van der Waals surface area contributed by atoms with E-state index in [-0.39, 0.29) is 30.6 Å². The van der Waals surface area contributed by atoms with Gasteiger partial charge in [-0.25, -0.2) is 4.39 Å². The molecule has 0 aliphatic rings. The highest BCUT2D eigenvalue weighted by molar-refractivity contribution is 5.87. The Balaban J connectivity index is 2.18. The predicted octanol–water partition coefficient (Wildman–Crippen LogP) is 4.11. The van der Waals surface area contributed by atoms with Gasteiger partial charge in [0.2, 0.25) is 11.8 Å². The number of amides is 2. The van der Waals surface area contributed by atoms with Crippen molar-refractivity contribution in [3.05, 3.63) is 59.4 Å². The molecule has 0 unspecified atom stereocenters. The zero-order chi connectivity index (χ0) is 23.9. The van der Waals surface area contributed by atoms with Gasteiger partial charge in [-0.3, -0.25) is 9.59 Å². The molecule has 0 spiro atoms. The molecule has 1 N–H and O–H groups in total. The number of rotatable bonds is 9. The van der Waals surface area contributed by atoms with Crippen molar-refractivity contribution in [2.45, 2.75) is 58.7 Å². The fourth-order valence-electron chi connectivity index (χ4n) is 3.27. The van der Waals surface area contributed by atoms with E-state index in [9.17, 15) is 14.0 Å². The van der Waals surface area contributed by atoms with Crippen molar-refractivity contribution in [2.24, 2.45) is 0 Å². The lowest BCUT2D eigenvalue weighted by molar-refractivity contribution is -0.141. The predicted molar refractivity (Wildman–Crippen MR) is 122 cm³/mol. The number of nitrogens with zero attached hydrogens (tertiary/aromatic N) is 1. The molecular formula is C25H33FN2O4. The number of ether oxygens (including phenoxy) is 2. The minimum Gasteiger partial charge on any atom is -0.493 e. The number of hydrogen-bond donors (Lipinski definition) is 1. The third-order valence-electron chi connectivity index (χ3n) is 5.01. The number of methoxy groups -OCH3 is 2. The van der Waals surface area contributed by atoms with Gasteiger partial charge in [0.05, 0.1) is 14.2 Å². The summed E-state index contributed by atoms with van der Waals surface area (Å²) in [7, 11) is 3.13. The minimum absolute atomic E-state index is 0.166. The van der Waals surface area contributed by atoms with Crippen molar-refractivity contribution in [3.8, 4) is 11.5 Å². The second-order valence-corrected chi connectivity index (χ2v) is 8.75. The summed E-state index contributed by atoms with van der Waals surface area (Å²) >= 11 is 0. The zero-order valence-corrected chi connectivity index (χ0v) is 19.7. The Hall–Kier alpha value is -3.09. The average molecular weight is 445 g/mol. The Morgan fingerprint density at radius 2 is 1.59 bits per heavy atom. The molecule has 0 bridgehead atoms. The number of carbonyl (C=O) groups excluding carboxylic acids is 2. The van der Waals surface area contributed by atoms with Crippen LogP contribution in [0.25, 0.3) is 0 Å². The summed E-state index contributed by atoms with van der Waals surface area (Å²) in [5, 5.41) is 2.93. The molecule has 2 rings (SSSR count). The molecule has 1 atom stereocenters. The summed E-state index contributed by atoms with van der Waals surface area (Å²) in [5.41, 5.74) is 1.25. The van der Waals surface area contributed by atoms with Gasteiger partial charge < -0.3 is 19.7 Å². The Bertz CT molecular complexity index is 923. The number of aryl methyl sites for hydroxylation is 1. The smallest absolute Gasteiger partial charge is 0.242 e. The molecule has 0 aromatic heterocycles. The average Bonchev–Trinajstić information content (AvgIpc) is 2.75. The highest BCUT2D eigenvalue weighted by Gasteiger charge is 2.28. The first-order valence-corrected chi connectivity index (χ1v) is 10.6. The quantitative estimate of drug-likeness (QED) is 0.632. The highest BCUT2D eigenvalue weighted by Crippen LogP contribution is 2.28. The second-order valence-electron chi connectivity index (χ2n) is 8.75. The molecule has 6 nitrogen and oxygen atoms in total. The van der Waals surface area contributed by atoms with Crippen molar-refractivity contribution in [3.63, 3.8) is 0 Å². The van der Waals surface area contributed by atoms with Crippen LogP contribution in [0, 0.1) is 5.82 Å². The lowest BCUT2D eigenvalue weighted by Gasteiger charge is -2.31. The first-order chi connectivity index (χ1) is 15.0. The summed E-state index contributed by atoms with van der Waals surface area (Å²) in [4.78, 5) is 27.5. The van der Waals surface area contributed by atoms with E-state index in [1.54, 1.807) is 39.3 Å². The van der Waals surface area contributed by atoms with E-state index < -0.39 is 11.6 Å². The van der Waals surface area contributed by atoms with E-state index in [1.165, 1.54) is 17.0 Å². The number of benzene rings is 2. The number of nitrogens with one attached hydrogen (secondary N) is 1. The maximum Gasteiger partial charge on any atom is 0.242 e. The Morgan fingerprint density at radius 1 is 1.00 bits per heavy atom. The Labute approximate surface area is 189 Å². The molecule has 0 aliphatic carbocycles. The molecule has 2 aromatic rings. The number of carbonyl (C=O) groups is 2. The van der Waals surface area contributed by atoms with Crippen LogP contribution in [0.3, 0.4) is 0 Å². The maximum absolute atomic E-state index is 13.3. The third kappa shape index (κ3) is 7.25. The monoisotopic (exact) mass is 444 g/mol. The van der Waals surface area contributed by atoms with Gasteiger partial charge in [-0.05, 0) is 69.5 Å². The first-order valence-electron chi connectivity index (χ1n) is 10.6. The number of halogens is 1. The van der Waals surface area contributed by atoms with E-state index in [4.69, 9.17) is 9.47 Å². The molecule has 7 heteroatoms.